The van der Waals surface area contributed by atoms with E-state index in [-0.39, 0.29) is 16.1 Å². The smallest absolute Gasteiger partial charge is 0.293 e. The fourth-order valence-corrected chi connectivity index (χ4v) is 5.34. The first-order valence-electron chi connectivity index (χ1n) is 11.3. The Balaban J connectivity index is 1.41. The van der Waals surface area contributed by atoms with Crippen molar-refractivity contribution >= 4 is 33.8 Å². The number of para-hydroxylation sites is 1. The van der Waals surface area contributed by atoms with Crippen LogP contribution in [0.3, 0.4) is 0 Å². The highest BCUT2D eigenvalue weighted by Gasteiger charge is 2.44. The summed E-state index contributed by atoms with van der Waals surface area (Å²) >= 11 is 0. The molecule has 3 N–H and O–H groups in total. The molecule has 0 amide bonds. The minimum atomic E-state index is -0.372. The van der Waals surface area contributed by atoms with E-state index >= 15 is 0 Å². The highest BCUT2D eigenvalue weighted by molar-refractivity contribution is 5.94. The molecule has 8 nitrogen and oxygen atoms in total. The number of anilines is 3. The molecule has 1 aromatic heterocycles. The molecule has 5 rings (SSSR count). The molecule has 0 unspecified atom stereocenters. The van der Waals surface area contributed by atoms with E-state index in [1.54, 1.807) is 12.1 Å². The van der Waals surface area contributed by atoms with Crippen molar-refractivity contribution in [2.45, 2.75) is 51.1 Å². The van der Waals surface area contributed by atoms with Gasteiger partial charge in [0, 0.05) is 35.8 Å². The number of benzene rings is 2. The van der Waals surface area contributed by atoms with Gasteiger partial charge in [-0.25, -0.2) is 9.97 Å². The summed E-state index contributed by atoms with van der Waals surface area (Å²) in [6, 6.07) is 11.6. The molecule has 2 aliphatic rings. The van der Waals surface area contributed by atoms with Gasteiger partial charge in [0.2, 0.25) is 0 Å². The lowest BCUT2D eigenvalue weighted by Crippen LogP contribution is -2.33. The van der Waals surface area contributed by atoms with Crippen LogP contribution in [-0.2, 0) is 6.54 Å². The van der Waals surface area contributed by atoms with Crippen LogP contribution in [0.25, 0.3) is 10.9 Å². The number of nitrogens with one attached hydrogen (secondary N) is 3. The van der Waals surface area contributed by atoms with E-state index < -0.39 is 0 Å². The van der Waals surface area contributed by atoms with Gasteiger partial charge in [-0.1, -0.05) is 18.2 Å². The number of hydrogen-bond donors (Lipinski definition) is 3. The maximum absolute atomic E-state index is 11.6. The summed E-state index contributed by atoms with van der Waals surface area (Å²) in [5, 5.41) is 22.5. The fourth-order valence-electron chi connectivity index (χ4n) is 5.34. The Morgan fingerprint density at radius 2 is 1.94 bits per heavy atom. The lowest BCUT2D eigenvalue weighted by molar-refractivity contribution is -0.383. The zero-order valence-electron chi connectivity index (χ0n) is 18.2. The Labute approximate surface area is 187 Å². The molecule has 2 fully saturated rings. The molecule has 166 valence electrons. The highest BCUT2D eigenvalue weighted by atomic mass is 16.6. The first-order chi connectivity index (χ1) is 15.6. The van der Waals surface area contributed by atoms with Crippen molar-refractivity contribution < 1.29 is 4.92 Å². The van der Waals surface area contributed by atoms with Crippen LogP contribution in [0.2, 0.25) is 0 Å². The van der Waals surface area contributed by atoms with Gasteiger partial charge in [-0.2, -0.15) is 0 Å². The summed E-state index contributed by atoms with van der Waals surface area (Å²) < 4.78 is 0. The molecule has 2 aromatic carbocycles. The van der Waals surface area contributed by atoms with Crippen molar-refractivity contribution in [3.8, 4) is 0 Å². The highest BCUT2D eigenvalue weighted by Crippen LogP contribution is 2.49. The zero-order chi connectivity index (χ0) is 22.1. The first-order valence-corrected chi connectivity index (χ1v) is 11.3. The van der Waals surface area contributed by atoms with Gasteiger partial charge in [0.25, 0.3) is 5.69 Å². The molecule has 2 aliphatic carbocycles. The van der Waals surface area contributed by atoms with E-state index in [1.807, 2.05) is 13.0 Å². The van der Waals surface area contributed by atoms with E-state index in [2.05, 4.69) is 44.1 Å². The Bertz CT molecular complexity index is 1160. The van der Waals surface area contributed by atoms with Crippen molar-refractivity contribution in [3.05, 3.63) is 58.4 Å². The van der Waals surface area contributed by atoms with Crippen LogP contribution in [0.4, 0.5) is 22.9 Å². The van der Waals surface area contributed by atoms with Crippen molar-refractivity contribution in [1.82, 2.24) is 9.97 Å². The zero-order valence-corrected chi connectivity index (χ0v) is 18.2. The molecular formula is C24H28N6O2. The second-order valence-electron chi connectivity index (χ2n) is 8.96. The van der Waals surface area contributed by atoms with Gasteiger partial charge in [-0.3, -0.25) is 10.1 Å². The predicted octanol–water partition coefficient (Wildman–Crippen LogP) is 5.33. The molecule has 2 saturated carbocycles. The molecule has 3 aromatic rings. The standard InChI is InChI=1S/C24H28N6O2/c1-2-25-21-12-20-18(11-22(21)30(31)32)23(28-15-27-20)26-14-17-5-3-4-6-19(17)29-24-9-7-16(13-24)8-10-24/h3-6,11-12,15-16,25,29H,2,7-10,13-14H2,1H3,(H,26,27,28). The van der Waals surface area contributed by atoms with E-state index in [0.717, 1.165) is 17.2 Å². The minimum absolute atomic E-state index is 0.0235. The molecule has 32 heavy (non-hydrogen) atoms. The average molecular weight is 433 g/mol. The number of nitro groups is 1. The quantitative estimate of drug-likeness (QED) is 0.326. The monoisotopic (exact) mass is 432 g/mol. The second-order valence-corrected chi connectivity index (χ2v) is 8.96. The number of nitro benzene ring substituents is 1. The Kier molecular flexibility index (Phi) is 5.28. The molecular weight excluding hydrogens is 404 g/mol. The van der Waals surface area contributed by atoms with E-state index in [9.17, 15) is 10.1 Å². The molecule has 0 spiro atoms. The third kappa shape index (κ3) is 3.81. The Morgan fingerprint density at radius 3 is 2.66 bits per heavy atom. The summed E-state index contributed by atoms with van der Waals surface area (Å²) in [6.07, 6.45) is 7.90. The average Bonchev–Trinajstić information content (AvgIpc) is 3.39. The van der Waals surface area contributed by atoms with Gasteiger partial charge in [0.15, 0.2) is 0 Å². The summed E-state index contributed by atoms with van der Waals surface area (Å²) in [4.78, 5) is 19.9. The van der Waals surface area contributed by atoms with Crippen molar-refractivity contribution in [2.75, 3.05) is 22.5 Å². The van der Waals surface area contributed by atoms with Gasteiger partial charge in [-0.15, -0.1) is 0 Å². The Morgan fingerprint density at radius 1 is 1.12 bits per heavy atom. The number of aromatic nitrogens is 2. The second kappa shape index (κ2) is 8.26. The van der Waals surface area contributed by atoms with Gasteiger partial charge in [0.1, 0.15) is 17.8 Å². The SMILES string of the molecule is CCNc1cc2ncnc(NCc3ccccc3NC34CCC(CC3)C4)c2cc1[N+](=O)[O-]. The van der Waals surface area contributed by atoms with Gasteiger partial charge in [-0.05, 0) is 62.6 Å². The van der Waals surface area contributed by atoms with Gasteiger partial charge in [0.05, 0.1) is 10.4 Å². The van der Waals surface area contributed by atoms with Crippen LogP contribution in [0.15, 0.2) is 42.7 Å². The fraction of sp³-hybridized carbons (Fsp3) is 0.417. The maximum atomic E-state index is 11.6. The summed E-state index contributed by atoms with van der Waals surface area (Å²) in [5.41, 5.74) is 3.71. The predicted molar refractivity (Wildman–Crippen MR) is 127 cm³/mol. The number of rotatable bonds is 8. The van der Waals surface area contributed by atoms with Crippen LogP contribution in [-0.4, -0.2) is 27.0 Å². The first kappa shape index (κ1) is 20.5. The van der Waals surface area contributed by atoms with Gasteiger partial charge < -0.3 is 16.0 Å². The van der Waals surface area contributed by atoms with Crippen LogP contribution >= 0.6 is 0 Å². The topological polar surface area (TPSA) is 105 Å². The molecule has 0 aliphatic heterocycles. The number of hydrogen-bond acceptors (Lipinski definition) is 7. The largest absolute Gasteiger partial charge is 0.380 e. The third-order valence-corrected chi connectivity index (χ3v) is 6.92. The van der Waals surface area contributed by atoms with Crippen LogP contribution in [0, 0.1) is 16.0 Å². The van der Waals surface area contributed by atoms with Crippen LogP contribution in [0.5, 0.6) is 0 Å². The van der Waals surface area contributed by atoms with Crippen molar-refractivity contribution in [1.29, 1.82) is 0 Å². The summed E-state index contributed by atoms with van der Waals surface area (Å²) in [6.45, 7) is 3.06. The normalized spacial score (nSPS) is 21.6. The van der Waals surface area contributed by atoms with E-state index in [0.29, 0.717) is 35.5 Å². The van der Waals surface area contributed by atoms with E-state index in [1.165, 1.54) is 38.4 Å². The molecule has 8 heteroatoms. The molecule has 1 heterocycles. The van der Waals surface area contributed by atoms with E-state index in [4.69, 9.17) is 0 Å². The maximum Gasteiger partial charge on any atom is 0.293 e. The lowest BCUT2D eigenvalue weighted by atomic mass is 9.93. The Hall–Kier alpha value is -3.42. The number of nitrogens with zero attached hydrogens (tertiary/aromatic N) is 3. The number of fused-ring (bicyclic) bond motifs is 3. The van der Waals surface area contributed by atoms with Gasteiger partial charge >= 0.3 is 0 Å². The van der Waals surface area contributed by atoms with Crippen LogP contribution in [0.1, 0.15) is 44.6 Å². The van der Waals surface area contributed by atoms with Crippen LogP contribution < -0.4 is 16.0 Å². The molecule has 0 radical (unpaired) electrons. The van der Waals surface area contributed by atoms with Crippen molar-refractivity contribution in [3.63, 3.8) is 0 Å². The van der Waals surface area contributed by atoms with Crippen molar-refractivity contribution in [2.24, 2.45) is 5.92 Å². The molecule has 0 atom stereocenters. The minimum Gasteiger partial charge on any atom is -0.380 e. The third-order valence-electron chi connectivity index (χ3n) is 6.92. The molecule has 2 bridgehead atoms. The lowest BCUT2D eigenvalue weighted by Gasteiger charge is -2.30. The summed E-state index contributed by atoms with van der Waals surface area (Å²) in [5.74, 6) is 1.47. The summed E-state index contributed by atoms with van der Waals surface area (Å²) in [7, 11) is 0. The molecule has 0 saturated heterocycles.